The van der Waals surface area contributed by atoms with Gasteiger partial charge in [-0.2, -0.15) is 0 Å². The van der Waals surface area contributed by atoms with Crippen LogP contribution in [-0.2, 0) is 4.79 Å². The van der Waals surface area contributed by atoms with Crippen LogP contribution < -0.4 is 0 Å². The van der Waals surface area contributed by atoms with Crippen molar-refractivity contribution >= 4 is 22.6 Å². The first-order valence-corrected chi connectivity index (χ1v) is 9.76. The van der Waals surface area contributed by atoms with E-state index >= 15 is 0 Å². The fraction of sp³-hybridized carbons (Fsp3) is 0.944. The molecule has 2 N–H and O–H groups in total. The van der Waals surface area contributed by atoms with Crippen LogP contribution in [-0.4, -0.2) is 31.9 Å². The molecular formula is C18H37AlO3. The zero-order valence-electron chi connectivity index (χ0n) is 14.7. The van der Waals surface area contributed by atoms with E-state index < -0.39 is 5.97 Å². The fourth-order valence-corrected chi connectivity index (χ4v) is 2.65. The van der Waals surface area contributed by atoms with E-state index in [1.165, 1.54) is 100 Å². The van der Waals surface area contributed by atoms with Crippen molar-refractivity contribution in [2.75, 3.05) is 0 Å². The van der Waals surface area contributed by atoms with Crippen molar-refractivity contribution in [3.63, 3.8) is 0 Å². The maximum Gasteiger partial charge on any atom is 0.363 e. The second kappa shape index (κ2) is 23.2. The molecule has 0 saturated heterocycles. The van der Waals surface area contributed by atoms with E-state index in [0.717, 1.165) is 12.8 Å². The van der Waals surface area contributed by atoms with E-state index in [0.29, 0.717) is 6.42 Å². The summed E-state index contributed by atoms with van der Waals surface area (Å²) in [6.45, 7) is 2.27. The Hall–Kier alpha value is -0.0375. The van der Waals surface area contributed by atoms with Crippen molar-refractivity contribution in [2.24, 2.45) is 0 Å². The summed E-state index contributed by atoms with van der Waals surface area (Å²) < 4.78 is 6.92. The van der Waals surface area contributed by atoms with E-state index in [1.54, 1.807) is 0 Å². The van der Waals surface area contributed by atoms with E-state index in [1.807, 2.05) is 0 Å². The minimum atomic E-state index is -0.653. The molecule has 3 nitrogen and oxygen atoms in total. The van der Waals surface area contributed by atoms with Crippen molar-refractivity contribution in [1.82, 2.24) is 0 Å². The SMILES string of the molecule is CCCCCCCCCCCCCCCCCC(=O)O.[OH][Al]. The summed E-state index contributed by atoms with van der Waals surface area (Å²) in [7, 11) is 0. The molecule has 0 aromatic carbocycles. The molecule has 2 radical (unpaired) electrons. The van der Waals surface area contributed by atoms with Crippen LogP contribution in [0.4, 0.5) is 0 Å². The molecule has 0 atom stereocenters. The van der Waals surface area contributed by atoms with Crippen LogP contribution in [0.15, 0.2) is 0 Å². The highest BCUT2D eigenvalue weighted by Crippen LogP contribution is 2.13. The molecule has 0 amide bonds. The number of rotatable bonds is 16. The lowest BCUT2D eigenvalue weighted by Crippen LogP contribution is -1.93. The van der Waals surface area contributed by atoms with Crippen LogP contribution in [0.5, 0.6) is 0 Å². The van der Waals surface area contributed by atoms with Gasteiger partial charge in [0, 0.05) is 6.42 Å². The lowest BCUT2D eigenvalue weighted by Gasteiger charge is -2.03. The minimum Gasteiger partial charge on any atom is -0.529 e. The molecule has 0 aromatic heterocycles. The fourth-order valence-electron chi connectivity index (χ4n) is 2.65. The first-order valence-electron chi connectivity index (χ1n) is 9.25. The van der Waals surface area contributed by atoms with Gasteiger partial charge in [0.15, 0.2) is 0 Å². The van der Waals surface area contributed by atoms with Crippen LogP contribution in [0.1, 0.15) is 110 Å². The zero-order chi connectivity index (χ0) is 16.9. The number of hydrogen-bond donors (Lipinski definition) is 2. The van der Waals surface area contributed by atoms with Crippen LogP contribution in [0, 0.1) is 0 Å². The maximum absolute atomic E-state index is 10.3. The van der Waals surface area contributed by atoms with Gasteiger partial charge in [0.25, 0.3) is 0 Å². The van der Waals surface area contributed by atoms with Crippen molar-refractivity contribution in [3.8, 4) is 0 Å². The Balaban J connectivity index is 0. The third-order valence-corrected chi connectivity index (χ3v) is 3.99. The topological polar surface area (TPSA) is 57.5 Å². The van der Waals surface area contributed by atoms with Gasteiger partial charge in [0.2, 0.25) is 0 Å². The molecule has 4 heteroatoms. The molecule has 130 valence electrons. The summed E-state index contributed by atoms with van der Waals surface area (Å²) in [6.07, 6.45) is 20.2. The molecule has 0 heterocycles. The Morgan fingerprint density at radius 2 is 0.909 bits per heavy atom. The number of aliphatic carboxylic acids is 1. The van der Waals surface area contributed by atoms with Gasteiger partial charge in [-0.25, -0.2) is 0 Å². The minimum absolute atomic E-state index is 0.345. The highest BCUT2D eigenvalue weighted by atomic mass is 27.1. The number of carboxylic acid groups (broad SMARTS) is 1. The van der Waals surface area contributed by atoms with Gasteiger partial charge in [-0.1, -0.05) is 96.8 Å². The molecule has 0 aliphatic heterocycles. The average Bonchev–Trinajstić information content (AvgIpc) is 2.53. The number of hydrogen-bond acceptors (Lipinski definition) is 2. The Labute approximate surface area is 146 Å². The lowest BCUT2D eigenvalue weighted by atomic mass is 10.0. The summed E-state index contributed by atoms with van der Waals surface area (Å²) in [6, 6.07) is 0. The molecule has 0 saturated carbocycles. The molecule has 0 fully saturated rings. The van der Waals surface area contributed by atoms with Crippen LogP contribution >= 0.6 is 0 Å². The van der Waals surface area contributed by atoms with Crippen molar-refractivity contribution in [1.29, 1.82) is 0 Å². The third-order valence-electron chi connectivity index (χ3n) is 3.99. The maximum atomic E-state index is 10.3. The lowest BCUT2D eigenvalue weighted by molar-refractivity contribution is -0.137. The van der Waals surface area contributed by atoms with Crippen LogP contribution in [0.2, 0.25) is 0 Å². The largest absolute Gasteiger partial charge is 0.529 e. The average molecular weight is 328 g/mol. The molecule has 0 aromatic rings. The van der Waals surface area contributed by atoms with Gasteiger partial charge in [0.1, 0.15) is 0 Å². The van der Waals surface area contributed by atoms with E-state index in [9.17, 15) is 4.79 Å². The van der Waals surface area contributed by atoms with Crippen molar-refractivity contribution < 1.29 is 14.1 Å². The normalized spacial score (nSPS) is 10.1. The van der Waals surface area contributed by atoms with Crippen molar-refractivity contribution in [2.45, 2.75) is 110 Å². The molecule has 22 heavy (non-hydrogen) atoms. The quantitative estimate of drug-likeness (QED) is 0.295. The summed E-state index contributed by atoms with van der Waals surface area (Å²) >= 11 is 1.42. The predicted octanol–water partition coefficient (Wildman–Crippen LogP) is 5.39. The molecule has 0 aliphatic carbocycles. The first kappa shape index (κ1) is 24.2. The molecular weight excluding hydrogens is 291 g/mol. The standard InChI is InChI=1S/C18H36O2.Al.H2O/c1-2-3-4-5-6-7-8-9-10-11-12-13-14-15-16-17-18(19)20;;/h2-17H2,1H3,(H,19,20);;1H2/q;+1;/p-1. The van der Waals surface area contributed by atoms with Gasteiger partial charge in [-0.05, 0) is 6.42 Å². The second-order valence-electron chi connectivity index (χ2n) is 6.09. The first-order chi connectivity index (χ1) is 10.8. The Morgan fingerprint density at radius 3 is 1.18 bits per heavy atom. The van der Waals surface area contributed by atoms with E-state index in [4.69, 9.17) is 9.26 Å². The monoisotopic (exact) mass is 328 g/mol. The predicted molar refractivity (Wildman–Crippen MR) is 95.2 cm³/mol. The molecule has 0 aliphatic rings. The second-order valence-corrected chi connectivity index (χ2v) is 6.09. The summed E-state index contributed by atoms with van der Waals surface area (Å²) in [5.74, 6) is -0.653. The molecule has 0 bridgehead atoms. The summed E-state index contributed by atoms with van der Waals surface area (Å²) in [5, 5.41) is 8.52. The number of carboxylic acids is 1. The van der Waals surface area contributed by atoms with Gasteiger partial charge >= 0.3 is 22.6 Å². The molecule has 0 unspecified atom stereocenters. The zero-order valence-corrected chi connectivity index (χ0v) is 15.8. The Bertz CT molecular complexity index is 211. The number of carbonyl (C=O) groups is 1. The van der Waals surface area contributed by atoms with E-state index in [2.05, 4.69) is 6.92 Å². The molecule has 0 spiro atoms. The number of unbranched alkanes of at least 4 members (excludes halogenated alkanes) is 14. The van der Waals surface area contributed by atoms with Crippen LogP contribution in [0.25, 0.3) is 0 Å². The summed E-state index contributed by atoms with van der Waals surface area (Å²) in [4.78, 5) is 10.3. The van der Waals surface area contributed by atoms with Gasteiger partial charge in [0.05, 0.1) is 0 Å². The molecule has 0 rings (SSSR count). The van der Waals surface area contributed by atoms with Gasteiger partial charge < -0.3 is 9.26 Å². The summed E-state index contributed by atoms with van der Waals surface area (Å²) in [5.41, 5.74) is 0. The Morgan fingerprint density at radius 1 is 0.636 bits per heavy atom. The van der Waals surface area contributed by atoms with Crippen molar-refractivity contribution in [3.05, 3.63) is 0 Å². The van der Waals surface area contributed by atoms with Gasteiger partial charge in [-0.15, -0.1) is 0 Å². The highest BCUT2D eigenvalue weighted by Gasteiger charge is 1.97. The smallest absolute Gasteiger partial charge is 0.363 e. The third kappa shape index (κ3) is 24.9. The highest BCUT2D eigenvalue weighted by molar-refractivity contribution is 5.95. The van der Waals surface area contributed by atoms with Gasteiger partial charge in [-0.3, -0.25) is 4.79 Å². The Kier molecular flexibility index (Phi) is 25.6. The van der Waals surface area contributed by atoms with E-state index in [-0.39, 0.29) is 0 Å². The van der Waals surface area contributed by atoms with Crippen LogP contribution in [0.3, 0.4) is 0 Å².